The zero-order valence-electron chi connectivity index (χ0n) is 27.1. The van der Waals surface area contributed by atoms with Gasteiger partial charge in [-0.1, -0.05) is 141 Å². The molecule has 5 nitrogen and oxygen atoms in total. The Morgan fingerprint density at radius 1 is 0.561 bits per heavy atom. The van der Waals surface area contributed by atoms with E-state index in [2.05, 4.69) is 38.2 Å². The number of carbonyl (C=O) groups excluding carboxylic acids is 2. The molecular formula is C36H66O5. The minimum Gasteiger partial charge on any atom is -0.462 e. The second kappa shape index (κ2) is 32.9. The maximum Gasteiger partial charge on any atom is 0.306 e. The molecule has 0 radical (unpaired) electrons. The highest BCUT2D eigenvalue weighted by molar-refractivity contribution is 5.70. The van der Waals surface area contributed by atoms with E-state index in [0.717, 1.165) is 51.4 Å². The van der Waals surface area contributed by atoms with Crippen LogP contribution in [0.4, 0.5) is 0 Å². The molecule has 0 saturated carbocycles. The minimum absolute atomic E-state index is 0.0680. The van der Waals surface area contributed by atoms with Gasteiger partial charge in [0.2, 0.25) is 0 Å². The fourth-order valence-electron chi connectivity index (χ4n) is 4.82. The van der Waals surface area contributed by atoms with E-state index in [1.807, 2.05) is 0 Å². The number of rotatable bonds is 31. The average Bonchev–Trinajstić information content (AvgIpc) is 2.97. The van der Waals surface area contributed by atoms with Gasteiger partial charge < -0.3 is 14.6 Å². The van der Waals surface area contributed by atoms with Crippen LogP contribution in [0.15, 0.2) is 24.3 Å². The van der Waals surface area contributed by atoms with Crippen molar-refractivity contribution in [3.63, 3.8) is 0 Å². The summed E-state index contributed by atoms with van der Waals surface area (Å²) in [5.41, 5.74) is 0. The van der Waals surface area contributed by atoms with Crippen LogP contribution in [-0.2, 0) is 19.1 Å². The van der Waals surface area contributed by atoms with Gasteiger partial charge in [-0.25, -0.2) is 0 Å². The number of esters is 2. The maximum atomic E-state index is 12.1. The minimum atomic E-state index is -0.772. The van der Waals surface area contributed by atoms with E-state index in [1.54, 1.807) is 0 Å². The Kier molecular flexibility index (Phi) is 31.6. The van der Waals surface area contributed by atoms with E-state index in [1.165, 1.54) is 96.3 Å². The van der Waals surface area contributed by atoms with Crippen LogP contribution >= 0.6 is 0 Å². The van der Waals surface area contributed by atoms with Crippen molar-refractivity contribution in [3.05, 3.63) is 24.3 Å². The van der Waals surface area contributed by atoms with E-state index in [-0.39, 0.29) is 25.2 Å². The van der Waals surface area contributed by atoms with Crippen molar-refractivity contribution in [2.24, 2.45) is 0 Å². The molecule has 0 bridgehead atoms. The summed E-state index contributed by atoms with van der Waals surface area (Å²) in [5, 5.41) is 9.50. The predicted molar refractivity (Wildman–Crippen MR) is 173 cm³/mol. The normalized spacial score (nSPS) is 12.4. The van der Waals surface area contributed by atoms with Gasteiger partial charge in [-0.3, -0.25) is 9.59 Å². The molecule has 0 amide bonds. The first-order valence-corrected chi connectivity index (χ1v) is 17.4. The third kappa shape index (κ3) is 31.2. The fourth-order valence-corrected chi connectivity index (χ4v) is 4.82. The van der Waals surface area contributed by atoms with Crippen LogP contribution in [0.3, 0.4) is 0 Å². The van der Waals surface area contributed by atoms with Crippen LogP contribution in [-0.4, -0.2) is 36.4 Å². The van der Waals surface area contributed by atoms with Crippen LogP contribution in [0.1, 0.15) is 174 Å². The van der Waals surface area contributed by atoms with Gasteiger partial charge in [0.15, 0.2) is 6.10 Å². The Hall–Kier alpha value is -1.62. The second-order valence-electron chi connectivity index (χ2n) is 11.6. The molecule has 0 aliphatic rings. The summed E-state index contributed by atoms with van der Waals surface area (Å²) in [7, 11) is 0. The lowest BCUT2D eigenvalue weighted by Crippen LogP contribution is -2.28. The Balaban J connectivity index is 3.60. The summed E-state index contributed by atoms with van der Waals surface area (Å²) >= 11 is 0. The lowest BCUT2D eigenvalue weighted by molar-refractivity contribution is -0.161. The highest BCUT2D eigenvalue weighted by Crippen LogP contribution is 2.13. The van der Waals surface area contributed by atoms with E-state index in [9.17, 15) is 14.7 Å². The molecule has 41 heavy (non-hydrogen) atoms. The van der Waals surface area contributed by atoms with E-state index in [4.69, 9.17) is 9.47 Å². The van der Waals surface area contributed by atoms with Gasteiger partial charge in [0, 0.05) is 12.8 Å². The molecule has 0 aromatic rings. The molecule has 5 heteroatoms. The standard InChI is InChI=1S/C36H66O5/c1-3-5-7-9-11-13-15-17-18-19-21-23-25-27-29-31-36(39)41-34(32-37)33-40-35(38)30-28-26-24-22-20-16-14-12-10-8-6-4-2/h11,13,17-18,34,37H,3-10,12,14-16,19-33H2,1-2H3/b13-11+,18-17+/t34-/m0/s1. The van der Waals surface area contributed by atoms with Gasteiger partial charge in [-0.05, 0) is 44.9 Å². The van der Waals surface area contributed by atoms with Gasteiger partial charge in [0.25, 0.3) is 0 Å². The Morgan fingerprint density at radius 3 is 1.49 bits per heavy atom. The molecule has 0 aliphatic carbocycles. The third-order valence-corrected chi connectivity index (χ3v) is 7.50. The zero-order chi connectivity index (χ0) is 30.1. The molecular weight excluding hydrogens is 512 g/mol. The van der Waals surface area contributed by atoms with Crippen molar-refractivity contribution in [1.29, 1.82) is 0 Å². The fraction of sp³-hybridized carbons (Fsp3) is 0.833. The highest BCUT2D eigenvalue weighted by Gasteiger charge is 2.16. The molecule has 0 aliphatic heterocycles. The molecule has 0 aromatic heterocycles. The SMILES string of the molecule is CCCCC/C=C/C/C=C/CCCCCCCC(=O)O[C@@H](CO)COC(=O)CCCCCCCCCCCCCC. The molecule has 1 N–H and O–H groups in total. The van der Waals surface area contributed by atoms with Crippen LogP contribution in [0.5, 0.6) is 0 Å². The molecule has 0 unspecified atom stereocenters. The zero-order valence-corrected chi connectivity index (χ0v) is 27.1. The smallest absolute Gasteiger partial charge is 0.306 e. The number of unbranched alkanes of at least 4 members (excludes halogenated alkanes) is 19. The van der Waals surface area contributed by atoms with Gasteiger partial charge in [0.05, 0.1) is 6.61 Å². The number of carbonyl (C=O) groups is 2. The summed E-state index contributed by atoms with van der Waals surface area (Å²) in [4.78, 5) is 24.1. The van der Waals surface area contributed by atoms with E-state index in [0.29, 0.717) is 12.8 Å². The Bertz CT molecular complexity index is 627. The van der Waals surface area contributed by atoms with Crippen molar-refractivity contribution in [2.45, 2.75) is 180 Å². The summed E-state index contributed by atoms with van der Waals surface area (Å²) < 4.78 is 10.5. The van der Waals surface area contributed by atoms with Crippen molar-refractivity contribution >= 4 is 11.9 Å². The molecule has 0 heterocycles. The van der Waals surface area contributed by atoms with E-state index >= 15 is 0 Å². The number of hydrogen-bond acceptors (Lipinski definition) is 5. The van der Waals surface area contributed by atoms with Gasteiger partial charge in [-0.15, -0.1) is 0 Å². The van der Waals surface area contributed by atoms with Crippen molar-refractivity contribution in [3.8, 4) is 0 Å². The first-order chi connectivity index (χ1) is 20.1. The summed E-state index contributed by atoms with van der Waals surface area (Å²) in [6.07, 6.45) is 36.5. The molecule has 0 aromatic carbocycles. The van der Waals surface area contributed by atoms with Crippen LogP contribution in [0.2, 0.25) is 0 Å². The molecule has 0 rings (SSSR count). The monoisotopic (exact) mass is 578 g/mol. The number of hydrogen-bond donors (Lipinski definition) is 1. The molecule has 0 saturated heterocycles. The molecule has 240 valence electrons. The number of aliphatic hydroxyl groups is 1. The van der Waals surface area contributed by atoms with E-state index < -0.39 is 6.10 Å². The van der Waals surface area contributed by atoms with Crippen molar-refractivity contribution in [2.75, 3.05) is 13.2 Å². The number of ether oxygens (including phenoxy) is 2. The average molecular weight is 579 g/mol. The number of aliphatic hydroxyl groups excluding tert-OH is 1. The summed E-state index contributed by atoms with van der Waals surface area (Å²) in [6.45, 7) is 4.09. The lowest BCUT2D eigenvalue weighted by atomic mass is 10.0. The van der Waals surface area contributed by atoms with Gasteiger partial charge in [-0.2, -0.15) is 0 Å². The second-order valence-corrected chi connectivity index (χ2v) is 11.6. The summed E-state index contributed by atoms with van der Waals surface area (Å²) in [5.74, 6) is -0.605. The third-order valence-electron chi connectivity index (χ3n) is 7.50. The number of allylic oxidation sites excluding steroid dienone is 4. The Labute approximate surface area is 253 Å². The lowest BCUT2D eigenvalue weighted by Gasteiger charge is -2.15. The van der Waals surface area contributed by atoms with Gasteiger partial charge >= 0.3 is 11.9 Å². The summed E-state index contributed by atoms with van der Waals surface area (Å²) in [6, 6.07) is 0. The predicted octanol–water partition coefficient (Wildman–Crippen LogP) is 10.3. The van der Waals surface area contributed by atoms with Gasteiger partial charge in [0.1, 0.15) is 6.61 Å². The quantitative estimate of drug-likeness (QED) is 0.0503. The molecule has 0 fully saturated rings. The molecule has 0 spiro atoms. The van der Waals surface area contributed by atoms with Crippen molar-refractivity contribution in [1.82, 2.24) is 0 Å². The Morgan fingerprint density at radius 2 is 0.976 bits per heavy atom. The highest BCUT2D eigenvalue weighted by atomic mass is 16.6. The van der Waals surface area contributed by atoms with Crippen molar-refractivity contribution < 1.29 is 24.2 Å². The first kappa shape index (κ1) is 39.4. The van der Waals surface area contributed by atoms with Crippen LogP contribution < -0.4 is 0 Å². The first-order valence-electron chi connectivity index (χ1n) is 17.4. The topological polar surface area (TPSA) is 72.8 Å². The molecule has 1 atom stereocenters. The maximum absolute atomic E-state index is 12.1. The van der Waals surface area contributed by atoms with Crippen LogP contribution in [0.25, 0.3) is 0 Å². The van der Waals surface area contributed by atoms with Crippen LogP contribution in [0, 0.1) is 0 Å². The largest absolute Gasteiger partial charge is 0.462 e.